The van der Waals surface area contributed by atoms with E-state index in [4.69, 9.17) is 9.47 Å². The van der Waals surface area contributed by atoms with Crippen molar-refractivity contribution in [3.8, 4) is 0 Å². The topological polar surface area (TPSA) is 30.5 Å². The minimum Gasteiger partial charge on any atom is -0.380 e. The van der Waals surface area contributed by atoms with Crippen LogP contribution in [0, 0.1) is 0 Å². The Morgan fingerprint density at radius 1 is 1.47 bits per heavy atom. The summed E-state index contributed by atoms with van der Waals surface area (Å²) in [5, 5.41) is 3.57. The second-order valence-corrected chi connectivity index (χ2v) is 4.73. The van der Waals surface area contributed by atoms with Gasteiger partial charge in [-0.25, -0.2) is 0 Å². The lowest BCUT2D eigenvalue weighted by Crippen LogP contribution is -2.51. The normalized spacial score (nSPS) is 29.0. The van der Waals surface area contributed by atoms with Gasteiger partial charge in [0.05, 0.1) is 12.2 Å². The van der Waals surface area contributed by atoms with Gasteiger partial charge in [-0.05, 0) is 39.0 Å². The summed E-state index contributed by atoms with van der Waals surface area (Å²) >= 11 is 0. The predicted molar refractivity (Wildman–Crippen MR) is 60.1 cm³/mol. The molecule has 1 aliphatic heterocycles. The van der Waals surface area contributed by atoms with E-state index in [1.54, 1.807) is 0 Å². The summed E-state index contributed by atoms with van der Waals surface area (Å²) in [6, 6.07) is 0.652. The Morgan fingerprint density at radius 3 is 3.00 bits per heavy atom. The van der Waals surface area contributed by atoms with Gasteiger partial charge in [-0.15, -0.1) is 0 Å². The molecular formula is C12H23NO2. The SMILES string of the molecule is CCOCCNC1CCOC2(CCC2)C1. The highest BCUT2D eigenvalue weighted by atomic mass is 16.5. The molecule has 3 heteroatoms. The van der Waals surface area contributed by atoms with Crippen molar-refractivity contribution >= 4 is 0 Å². The van der Waals surface area contributed by atoms with Crippen molar-refractivity contribution in [2.24, 2.45) is 0 Å². The van der Waals surface area contributed by atoms with Gasteiger partial charge in [-0.1, -0.05) is 0 Å². The monoisotopic (exact) mass is 213 g/mol. The summed E-state index contributed by atoms with van der Waals surface area (Å²) in [5.41, 5.74) is 0.265. The zero-order chi connectivity index (χ0) is 10.6. The number of hydrogen-bond acceptors (Lipinski definition) is 3. The van der Waals surface area contributed by atoms with Gasteiger partial charge in [0.15, 0.2) is 0 Å². The molecule has 0 aromatic heterocycles. The van der Waals surface area contributed by atoms with Crippen molar-refractivity contribution in [2.75, 3.05) is 26.4 Å². The van der Waals surface area contributed by atoms with Crippen molar-refractivity contribution in [1.29, 1.82) is 0 Å². The van der Waals surface area contributed by atoms with Crippen LogP contribution in [0.25, 0.3) is 0 Å². The highest BCUT2D eigenvalue weighted by Gasteiger charge is 2.42. The van der Waals surface area contributed by atoms with Gasteiger partial charge in [0.25, 0.3) is 0 Å². The molecule has 1 heterocycles. The number of ether oxygens (including phenoxy) is 2. The van der Waals surface area contributed by atoms with Crippen LogP contribution in [0.3, 0.4) is 0 Å². The van der Waals surface area contributed by atoms with Crippen LogP contribution in [0.2, 0.25) is 0 Å². The summed E-state index contributed by atoms with van der Waals surface area (Å²) in [6.07, 6.45) is 6.27. The Hall–Kier alpha value is -0.120. The van der Waals surface area contributed by atoms with Gasteiger partial charge in [-0.2, -0.15) is 0 Å². The molecule has 2 rings (SSSR count). The molecule has 3 nitrogen and oxygen atoms in total. The largest absolute Gasteiger partial charge is 0.380 e. The summed E-state index contributed by atoms with van der Waals surface area (Å²) in [4.78, 5) is 0. The Kier molecular flexibility index (Phi) is 4.00. The minimum atomic E-state index is 0.265. The van der Waals surface area contributed by atoms with E-state index in [2.05, 4.69) is 5.32 Å². The molecule has 0 aromatic rings. The second-order valence-electron chi connectivity index (χ2n) is 4.73. The molecule has 1 unspecified atom stereocenters. The highest BCUT2D eigenvalue weighted by Crippen LogP contribution is 2.42. The Balaban J connectivity index is 1.64. The van der Waals surface area contributed by atoms with Crippen LogP contribution >= 0.6 is 0 Å². The fraction of sp³-hybridized carbons (Fsp3) is 1.00. The minimum absolute atomic E-state index is 0.265. The van der Waals surface area contributed by atoms with Crippen molar-refractivity contribution in [2.45, 2.75) is 50.7 Å². The lowest BCUT2D eigenvalue weighted by molar-refractivity contribution is -0.135. The molecular weight excluding hydrogens is 190 g/mol. The third kappa shape index (κ3) is 2.92. The van der Waals surface area contributed by atoms with Gasteiger partial charge in [-0.3, -0.25) is 0 Å². The first-order valence-corrected chi connectivity index (χ1v) is 6.30. The molecule has 1 spiro atoms. The summed E-state index contributed by atoms with van der Waals surface area (Å²) in [6.45, 7) is 5.61. The van der Waals surface area contributed by atoms with Crippen molar-refractivity contribution in [3.05, 3.63) is 0 Å². The number of nitrogens with one attached hydrogen (secondary N) is 1. The van der Waals surface area contributed by atoms with E-state index in [-0.39, 0.29) is 5.60 Å². The maximum atomic E-state index is 5.89. The fourth-order valence-electron chi connectivity index (χ4n) is 2.60. The fourth-order valence-corrected chi connectivity index (χ4v) is 2.60. The van der Waals surface area contributed by atoms with Crippen LogP contribution in [0.4, 0.5) is 0 Å². The number of hydrogen-bond donors (Lipinski definition) is 1. The van der Waals surface area contributed by atoms with Crippen molar-refractivity contribution in [3.63, 3.8) is 0 Å². The summed E-state index contributed by atoms with van der Waals surface area (Å²) < 4.78 is 11.2. The molecule has 15 heavy (non-hydrogen) atoms. The third-order valence-electron chi connectivity index (χ3n) is 3.64. The van der Waals surface area contributed by atoms with E-state index >= 15 is 0 Å². The molecule has 0 aromatic carbocycles. The molecule has 1 saturated heterocycles. The maximum absolute atomic E-state index is 5.89. The number of rotatable bonds is 5. The first kappa shape index (κ1) is 11.4. The zero-order valence-electron chi connectivity index (χ0n) is 9.76. The van der Waals surface area contributed by atoms with E-state index in [1.807, 2.05) is 6.92 Å². The van der Waals surface area contributed by atoms with E-state index in [1.165, 1.54) is 25.7 Å². The highest BCUT2D eigenvalue weighted by molar-refractivity contribution is 4.95. The maximum Gasteiger partial charge on any atom is 0.0697 e. The molecule has 2 fully saturated rings. The van der Waals surface area contributed by atoms with E-state index in [0.29, 0.717) is 6.04 Å². The Labute approximate surface area is 92.5 Å². The lowest BCUT2D eigenvalue weighted by Gasteiger charge is -2.47. The van der Waals surface area contributed by atoms with Gasteiger partial charge < -0.3 is 14.8 Å². The van der Waals surface area contributed by atoms with Crippen molar-refractivity contribution in [1.82, 2.24) is 5.32 Å². The zero-order valence-corrected chi connectivity index (χ0v) is 9.76. The molecule has 2 aliphatic rings. The summed E-state index contributed by atoms with van der Waals surface area (Å²) in [7, 11) is 0. The summed E-state index contributed by atoms with van der Waals surface area (Å²) in [5.74, 6) is 0. The standard InChI is InChI=1S/C12H23NO2/c1-2-14-9-7-13-11-4-8-15-12(10-11)5-3-6-12/h11,13H,2-10H2,1H3. The van der Waals surface area contributed by atoms with E-state index in [9.17, 15) is 0 Å². The van der Waals surface area contributed by atoms with Gasteiger partial charge in [0.1, 0.15) is 0 Å². The van der Waals surface area contributed by atoms with Crippen LogP contribution in [-0.2, 0) is 9.47 Å². The molecule has 1 aliphatic carbocycles. The van der Waals surface area contributed by atoms with Crippen LogP contribution in [-0.4, -0.2) is 38.0 Å². The average molecular weight is 213 g/mol. The molecule has 0 radical (unpaired) electrons. The average Bonchev–Trinajstić information content (AvgIpc) is 2.23. The Morgan fingerprint density at radius 2 is 2.33 bits per heavy atom. The van der Waals surface area contributed by atoms with E-state index < -0.39 is 0 Å². The van der Waals surface area contributed by atoms with Gasteiger partial charge in [0.2, 0.25) is 0 Å². The lowest BCUT2D eigenvalue weighted by atomic mass is 9.74. The van der Waals surface area contributed by atoms with Crippen molar-refractivity contribution < 1.29 is 9.47 Å². The molecule has 0 bridgehead atoms. The molecule has 1 atom stereocenters. The smallest absolute Gasteiger partial charge is 0.0697 e. The molecule has 1 saturated carbocycles. The first-order valence-electron chi connectivity index (χ1n) is 6.30. The van der Waals surface area contributed by atoms with Gasteiger partial charge in [0, 0.05) is 25.8 Å². The predicted octanol–water partition coefficient (Wildman–Crippen LogP) is 1.71. The molecule has 88 valence electrons. The van der Waals surface area contributed by atoms with Crippen LogP contribution in [0.1, 0.15) is 39.0 Å². The van der Waals surface area contributed by atoms with Crippen LogP contribution < -0.4 is 5.32 Å². The Bertz CT molecular complexity index is 192. The van der Waals surface area contributed by atoms with Crippen LogP contribution in [0.5, 0.6) is 0 Å². The van der Waals surface area contributed by atoms with Gasteiger partial charge >= 0.3 is 0 Å². The van der Waals surface area contributed by atoms with E-state index in [0.717, 1.165) is 32.8 Å². The second kappa shape index (κ2) is 5.28. The first-order chi connectivity index (χ1) is 7.35. The van der Waals surface area contributed by atoms with Crippen LogP contribution in [0.15, 0.2) is 0 Å². The molecule has 1 N–H and O–H groups in total. The molecule has 0 amide bonds. The third-order valence-corrected chi connectivity index (χ3v) is 3.64. The quantitative estimate of drug-likeness (QED) is 0.705.